The first-order valence-electron chi connectivity index (χ1n) is 11.2. The molecule has 3 rings (SSSR count). The van der Waals surface area contributed by atoms with Crippen LogP contribution in [0.4, 0.5) is 4.79 Å². The van der Waals surface area contributed by atoms with Crippen molar-refractivity contribution >= 4 is 23.7 Å². The molecule has 34 heavy (non-hydrogen) atoms. The SMILES string of the molecule is Cc1ccccc1-n1c(SCC(=O)NC(=O)NC(C)(C)C)nnc1-c1ccc(C(C)(C)C)cc1. The van der Waals surface area contributed by atoms with Gasteiger partial charge in [0.05, 0.1) is 11.4 Å². The molecule has 0 radical (unpaired) electrons. The Balaban J connectivity index is 1.89. The van der Waals surface area contributed by atoms with Crippen LogP contribution in [-0.2, 0) is 10.2 Å². The highest BCUT2D eigenvalue weighted by molar-refractivity contribution is 7.99. The predicted molar refractivity (Wildman–Crippen MR) is 137 cm³/mol. The topological polar surface area (TPSA) is 88.9 Å². The Morgan fingerprint density at radius 1 is 0.941 bits per heavy atom. The third-order valence-corrected chi connectivity index (χ3v) is 6.00. The van der Waals surface area contributed by atoms with E-state index in [1.54, 1.807) is 0 Å². The van der Waals surface area contributed by atoms with Crippen molar-refractivity contribution in [2.45, 2.75) is 64.6 Å². The van der Waals surface area contributed by atoms with Crippen LogP contribution in [0.5, 0.6) is 0 Å². The predicted octanol–water partition coefficient (Wildman–Crippen LogP) is 5.26. The van der Waals surface area contributed by atoms with Crippen molar-refractivity contribution in [3.05, 3.63) is 59.7 Å². The average molecular weight is 480 g/mol. The molecule has 2 N–H and O–H groups in total. The molecular formula is C26H33N5O2S. The molecule has 3 amide bonds. The molecule has 0 aliphatic heterocycles. The van der Waals surface area contributed by atoms with E-state index in [9.17, 15) is 9.59 Å². The number of nitrogens with one attached hydrogen (secondary N) is 2. The summed E-state index contributed by atoms with van der Waals surface area (Å²) in [5.41, 5.74) is 3.79. The maximum atomic E-state index is 12.4. The molecule has 3 aromatic rings. The number of hydrogen-bond acceptors (Lipinski definition) is 5. The van der Waals surface area contributed by atoms with Gasteiger partial charge in [-0.05, 0) is 50.3 Å². The van der Waals surface area contributed by atoms with Crippen LogP contribution >= 0.6 is 11.8 Å². The van der Waals surface area contributed by atoms with Crippen molar-refractivity contribution in [3.8, 4) is 17.1 Å². The van der Waals surface area contributed by atoms with E-state index in [0.29, 0.717) is 11.0 Å². The van der Waals surface area contributed by atoms with E-state index in [-0.39, 0.29) is 11.2 Å². The van der Waals surface area contributed by atoms with E-state index in [2.05, 4.69) is 65.9 Å². The van der Waals surface area contributed by atoms with E-state index in [1.165, 1.54) is 17.3 Å². The summed E-state index contributed by atoms with van der Waals surface area (Å²) in [6.45, 7) is 14.1. The Hall–Kier alpha value is -3.13. The monoisotopic (exact) mass is 479 g/mol. The summed E-state index contributed by atoms with van der Waals surface area (Å²) in [6.07, 6.45) is 0. The molecule has 0 unspecified atom stereocenters. The van der Waals surface area contributed by atoms with Gasteiger partial charge in [0.25, 0.3) is 0 Å². The van der Waals surface area contributed by atoms with Crippen LogP contribution in [0.15, 0.2) is 53.7 Å². The number of benzene rings is 2. The van der Waals surface area contributed by atoms with Crippen LogP contribution in [-0.4, -0.2) is 38.0 Å². The zero-order valence-corrected chi connectivity index (χ0v) is 21.7. The van der Waals surface area contributed by atoms with Gasteiger partial charge in [-0.15, -0.1) is 10.2 Å². The van der Waals surface area contributed by atoms with Crippen molar-refractivity contribution in [3.63, 3.8) is 0 Å². The number of aryl methyl sites for hydroxylation is 1. The third kappa shape index (κ3) is 6.47. The van der Waals surface area contributed by atoms with E-state index in [4.69, 9.17) is 0 Å². The van der Waals surface area contributed by atoms with Gasteiger partial charge in [-0.1, -0.05) is 75.0 Å². The van der Waals surface area contributed by atoms with E-state index < -0.39 is 17.5 Å². The van der Waals surface area contributed by atoms with Gasteiger partial charge in [0.1, 0.15) is 0 Å². The largest absolute Gasteiger partial charge is 0.333 e. The van der Waals surface area contributed by atoms with Gasteiger partial charge in [0.15, 0.2) is 11.0 Å². The van der Waals surface area contributed by atoms with Crippen LogP contribution in [0.1, 0.15) is 52.7 Å². The Morgan fingerprint density at radius 3 is 2.18 bits per heavy atom. The minimum Gasteiger partial charge on any atom is -0.333 e. The third-order valence-electron chi connectivity index (χ3n) is 5.07. The molecule has 0 aliphatic rings. The van der Waals surface area contributed by atoms with Gasteiger partial charge < -0.3 is 5.32 Å². The van der Waals surface area contributed by atoms with Gasteiger partial charge in [-0.25, -0.2) is 4.79 Å². The molecular weight excluding hydrogens is 446 g/mol. The maximum Gasteiger partial charge on any atom is 0.321 e. The van der Waals surface area contributed by atoms with E-state index >= 15 is 0 Å². The van der Waals surface area contributed by atoms with E-state index in [1.807, 2.05) is 56.5 Å². The van der Waals surface area contributed by atoms with Crippen LogP contribution < -0.4 is 10.6 Å². The van der Waals surface area contributed by atoms with E-state index in [0.717, 1.165) is 16.8 Å². The number of urea groups is 1. The second kappa shape index (κ2) is 10.0. The lowest BCUT2D eigenvalue weighted by Crippen LogP contribution is -2.48. The highest BCUT2D eigenvalue weighted by atomic mass is 32.2. The minimum absolute atomic E-state index is 0.0323. The number of thioether (sulfide) groups is 1. The standard InChI is InChI=1S/C26H33N5O2S/c1-17-10-8-9-11-20(17)31-22(18-12-14-19(15-13-18)25(2,3)4)29-30-24(31)34-16-21(32)27-23(33)28-26(5,6)7/h8-15H,16H2,1-7H3,(H2,27,28,32,33). The first-order valence-corrected chi connectivity index (χ1v) is 12.2. The molecule has 7 nitrogen and oxygen atoms in total. The number of hydrogen-bond donors (Lipinski definition) is 2. The highest BCUT2D eigenvalue weighted by Gasteiger charge is 2.21. The number of imide groups is 1. The summed E-state index contributed by atoms with van der Waals surface area (Å²) in [7, 11) is 0. The number of carbonyl (C=O) groups excluding carboxylic acids is 2. The molecule has 0 bridgehead atoms. The second-order valence-electron chi connectivity index (χ2n) is 10.3. The Kier molecular flexibility index (Phi) is 7.51. The number of rotatable bonds is 5. The fourth-order valence-electron chi connectivity index (χ4n) is 3.37. The van der Waals surface area contributed by atoms with Gasteiger partial charge in [0.2, 0.25) is 5.91 Å². The first kappa shape index (κ1) is 25.5. The fraction of sp³-hybridized carbons (Fsp3) is 0.385. The molecule has 1 aromatic heterocycles. The van der Waals surface area contributed by atoms with Gasteiger partial charge in [-0.3, -0.25) is 14.7 Å². The van der Waals surface area contributed by atoms with Crippen molar-refractivity contribution in [2.24, 2.45) is 0 Å². The second-order valence-corrected chi connectivity index (χ2v) is 11.2. The van der Waals surface area contributed by atoms with Crippen molar-refractivity contribution in [1.29, 1.82) is 0 Å². The minimum atomic E-state index is -0.516. The smallest absolute Gasteiger partial charge is 0.321 e. The molecule has 0 saturated carbocycles. The summed E-state index contributed by atoms with van der Waals surface area (Å²) in [5, 5.41) is 14.5. The van der Waals surface area contributed by atoms with Crippen molar-refractivity contribution in [1.82, 2.24) is 25.4 Å². The first-order chi connectivity index (χ1) is 15.8. The number of amides is 3. The number of para-hydroxylation sites is 1. The van der Waals surface area contributed by atoms with Crippen LogP contribution in [0.2, 0.25) is 0 Å². The summed E-state index contributed by atoms with van der Waals surface area (Å²) in [5.74, 6) is 0.329. The number of nitrogens with zero attached hydrogens (tertiary/aromatic N) is 3. The van der Waals surface area contributed by atoms with Gasteiger partial charge in [0, 0.05) is 11.1 Å². The summed E-state index contributed by atoms with van der Waals surface area (Å²) in [6, 6.07) is 15.8. The number of aromatic nitrogens is 3. The van der Waals surface area contributed by atoms with Crippen LogP contribution in [0.25, 0.3) is 17.1 Å². The van der Waals surface area contributed by atoms with Gasteiger partial charge in [-0.2, -0.15) is 0 Å². The maximum absolute atomic E-state index is 12.4. The molecule has 0 spiro atoms. The Labute approximate surface area is 205 Å². The molecule has 0 fully saturated rings. The zero-order valence-electron chi connectivity index (χ0n) is 20.9. The van der Waals surface area contributed by atoms with Crippen LogP contribution in [0, 0.1) is 6.92 Å². The van der Waals surface area contributed by atoms with Gasteiger partial charge >= 0.3 is 6.03 Å². The molecule has 0 saturated heterocycles. The lowest BCUT2D eigenvalue weighted by atomic mass is 9.87. The number of carbonyl (C=O) groups is 2. The summed E-state index contributed by atoms with van der Waals surface area (Å²) in [4.78, 5) is 24.4. The molecule has 2 aromatic carbocycles. The zero-order chi connectivity index (χ0) is 25.1. The molecule has 1 heterocycles. The lowest BCUT2D eigenvalue weighted by molar-refractivity contribution is -0.117. The molecule has 0 atom stereocenters. The fourth-order valence-corrected chi connectivity index (χ4v) is 4.11. The Bertz CT molecular complexity index is 1170. The quantitative estimate of drug-likeness (QED) is 0.488. The Morgan fingerprint density at radius 2 is 1.59 bits per heavy atom. The molecule has 8 heteroatoms. The van der Waals surface area contributed by atoms with Crippen molar-refractivity contribution < 1.29 is 9.59 Å². The highest BCUT2D eigenvalue weighted by Crippen LogP contribution is 2.31. The van der Waals surface area contributed by atoms with Crippen molar-refractivity contribution in [2.75, 3.05) is 5.75 Å². The normalized spacial score (nSPS) is 11.9. The summed E-state index contributed by atoms with van der Waals surface area (Å²) >= 11 is 1.24. The average Bonchev–Trinajstić information content (AvgIpc) is 3.14. The summed E-state index contributed by atoms with van der Waals surface area (Å²) < 4.78 is 1.97. The molecule has 180 valence electrons. The van der Waals surface area contributed by atoms with Crippen LogP contribution in [0.3, 0.4) is 0 Å². The lowest BCUT2D eigenvalue weighted by Gasteiger charge is -2.20. The molecule has 0 aliphatic carbocycles.